The molecule has 0 aliphatic carbocycles. The smallest absolute Gasteiger partial charge is 0.0839 e. The van der Waals surface area contributed by atoms with Crippen molar-refractivity contribution in [3.05, 3.63) is 35.9 Å². The van der Waals surface area contributed by atoms with Gasteiger partial charge in [0.2, 0.25) is 0 Å². The maximum Gasteiger partial charge on any atom is 0.0839 e. The van der Waals surface area contributed by atoms with Crippen LogP contribution in [0, 0.1) is 0 Å². The van der Waals surface area contributed by atoms with Crippen LogP contribution >= 0.6 is 11.6 Å². The van der Waals surface area contributed by atoms with Crippen molar-refractivity contribution in [1.29, 1.82) is 0 Å². The minimum Gasteiger partial charge on any atom is -0.373 e. The minimum absolute atomic E-state index is 0.206. The largest absolute Gasteiger partial charge is 0.373 e. The number of hydrogen-bond donors (Lipinski definition) is 0. The van der Waals surface area contributed by atoms with Crippen LogP contribution in [0.1, 0.15) is 24.5 Å². The first-order valence-corrected chi connectivity index (χ1v) is 5.10. The summed E-state index contributed by atoms with van der Waals surface area (Å²) in [7, 11) is 0. The average molecular weight is 197 g/mol. The molecule has 1 aliphatic heterocycles. The van der Waals surface area contributed by atoms with E-state index in [1.165, 1.54) is 5.56 Å². The molecule has 1 saturated heterocycles. The molecule has 0 unspecified atom stereocenters. The SMILES string of the molecule is Cl[C@H]1CCO[C@@H](c2ccccc2)C1. The number of hydrogen-bond acceptors (Lipinski definition) is 1. The maximum atomic E-state index is 6.08. The Kier molecular flexibility index (Phi) is 2.87. The van der Waals surface area contributed by atoms with Gasteiger partial charge in [-0.15, -0.1) is 11.6 Å². The lowest BCUT2D eigenvalue weighted by Gasteiger charge is -2.26. The Morgan fingerprint density at radius 1 is 1.23 bits per heavy atom. The van der Waals surface area contributed by atoms with Gasteiger partial charge in [-0.1, -0.05) is 30.3 Å². The molecule has 0 aromatic heterocycles. The van der Waals surface area contributed by atoms with E-state index in [2.05, 4.69) is 12.1 Å². The van der Waals surface area contributed by atoms with Gasteiger partial charge in [-0.2, -0.15) is 0 Å². The van der Waals surface area contributed by atoms with E-state index in [0.29, 0.717) is 0 Å². The zero-order chi connectivity index (χ0) is 9.10. The Morgan fingerprint density at radius 3 is 2.69 bits per heavy atom. The molecule has 2 rings (SSSR count). The molecule has 1 aromatic rings. The van der Waals surface area contributed by atoms with E-state index in [0.717, 1.165) is 19.4 Å². The van der Waals surface area contributed by atoms with E-state index in [9.17, 15) is 0 Å². The van der Waals surface area contributed by atoms with E-state index in [1.807, 2.05) is 18.2 Å². The van der Waals surface area contributed by atoms with Crippen molar-refractivity contribution in [3.8, 4) is 0 Å². The van der Waals surface area contributed by atoms with Crippen LogP contribution in [0.5, 0.6) is 0 Å². The molecule has 0 saturated carbocycles. The first-order chi connectivity index (χ1) is 6.36. The van der Waals surface area contributed by atoms with Crippen LogP contribution in [0.2, 0.25) is 0 Å². The monoisotopic (exact) mass is 196 g/mol. The van der Waals surface area contributed by atoms with Gasteiger partial charge in [0.25, 0.3) is 0 Å². The summed E-state index contributed by atoms with van der Waals surface area (Å²) in [4.78, 5) is 0. The van der Waals surface area contributed by atoms with Gasteiger partial charge in [-0.3, -0.25) is 0 Å². The molecule has 0 N–H and O–H groups in total. The van der Waals surface area contributed by atoms with E-state index in [1.54, 1.807) is 0 Å². The van der Waals surface area contributed by atoms with Crippen molar-refractivity contribution in [2.45, 2.75) is 24.3 Å². The molecular weight excluding hydrogens is 184 g/mol. The van der Waals surface area contributed by atoms with Crippen LogP contribution in [0.25, 0.3) is 0 Å². The second-order valence-corrected chi connectivity index (χ2v) is 4.01. The van der Waals surface area contributed by atoms with E-state index in [-0.39, 0.29) is 11.5 Å². The van der Waals surface area contributed by atoms with Crippen LogP contribution in [0.15, 0.2) is 30.3 Å². The molecule has 2 heteroatoms. The summed E-state index contributed by atoms with van der Waals surface area (Å²) in [6.45, 7) is 0.785. The summed E-state index contributed by atoms with van der Waals surface area (Å²) in [6, 6.07) is 10.3. The van der Waals surface area contributed by atoms with Gasteiger partial charge in [0.1, 0.15) is 0 Å². The summed E-state index contributed by atoms with van der Waals surface area (Å²) in [5, 5.41) is 0.277. The fraction of sp³-hybridized carbons (Fsp3) is 0.455. The molecule has 13 heavy (non-hydrogen) atoms. The molecule has 1 aliphatic rings. The molecule has 2 atom stereocenters. The van der Waals surface area contributed by atoms with Gasteiger partial charge in [0, 0.05) is 12.0 Å². The highest BCUT2D eigenvalue weighted by atomic mass is 35.5. The van der Waals surface area contributed by atoms with Crippen molar-refractivity contribution in [2.75, 3.05) is 6.61 Å². The molecule has 0 radical (unpaired) electrons. The molecule has 1 nitrogen and oxygen atoms in total. The van der Waals surface area contributed by atoms with E-state index < -0.39 is 0 Å². The molecule has 0 amide bonds. The molecule has 0 spiro atoms. The lowest BCUT2D eigenvalue weighted by atomic mass is 10.0. The lowest BCUT2D eigenvalue weighted by Crippen LogP contribution is -2.19. The first kappa shape index (κ1) is 9.04. The van der Waals surface area contributed by atoms with Gasteiger partial charge in [-0.05, 0) is 18.4 Å². The predicted molar refractivity (Wildman–Crippen MR) is 54.0 cm³/mol. The second-order valence-electron chi connectivity index (χ2n) is 3.39. The topological polar surface area (TPSA) is 9.23 Å². The van der Waals surface area contributed by atoms with E-state index >= 15 is 0 Å². The van der Waals surface area contributed by atoms with Crippen molar-refractivity contribution in [3.63, 3.8) is 0 Å². The predicted octanol–water partition coefficient (Wildman–Crippen LogP) is 3.15. The van der Waals surface area contributed by atoms with Crippen LogP contribution in [0.4, 0.5) is 0 Å². The number of alkyl halides is 1. The van der Waals surface area contributed by atoms with Crippen molar-refractivity contribution < 1.29 is 4.74 Å². The molecule has 1 heterocycles. The number of rotatable bonds is 1. The minimum atomic E-state index is 0.206. The molecule has 0 bridgehead atoms. The lowest BCUT2D eigenvalue weighted by molar-refractivity contribution is 0.0169. The summed E-state index contributed by atoms with van der Waals surface area (Å²) < 4.78 is 5.65. The van der Waals surface area contributed by atoms with Crippen molar-refractivity contribution in [2.24, 2.45) is 0 Å². The van der Waals surface area contributed by atoms with Crippen molar-refractivity contribution >= 4 is 11.6 Å². The average Bonchev–Trinajstić information content (AvgIpc) is 2.19. The third kappa shape index (κ3) is 2.23. The number of ether oxygens (including phenoxy) is 1. The zero-order valence-corrected chi connectivity index (χ0v) is 8.20. The highest BCUT2D eigenvalue weighted by Gasteiger charge is 2.21. The van der Waals surface area contributed by atoms with Gasteiger partial charge in [0.15, 0.2) is 0 Å². The highest BCUT2D eigenvalue weighted by Crippen LogP contribution is 2.30. The Balaban J connectivity index is 2.08. The van der Waals surface area contributed by atoms with Crippen LogP contribution in [-0.2, 0) is 4.74 Å². The highest BCUT2D eigenvalue weighted by molar-refractivity contribution is 6.20. The Bertz CT molecular complexity index is 260. The van der Waals surface area contributed by atoms with Gasteiger partial charge in [0.05, 0.1) is 6.10 Å². The maximum absolute atomic E-state index is 6.08. The molecule has 1 fully saturated rings. The van der Waals surface area contributed by atoms with E-state index in [4.69, 9.17) is 16.3 Å². The van der Waals surface area contributed by atoms with Crippen molar-refractivity contribution in [1.82, 2.24) is 0 Å². The molecule has 1 aromatic carbocycles. The standard InChI is InChI=1S/C11H13ClO/c12-10-6-7-13-11(8-10)9-4-2-1-3-5-9/h1-5,10-11H,6-8H2/t10-,11+/m0/s1. The Morgan fingerprint density at radius 2 is 2.00 bits per heavy atom. The number of benzene rings is 1. The zero-order valence-electron chi connectivity index (χ0n) is 7.45. The third-order valence-electron chi connectivity index (χ3n) is 2.39. The van der Waals surface area contributed by atoms with Crippen LogP contribution in [-0.4, -0.2) is 12.0 Å². The second kappa shape index (κ2) is 4.12. The van der Waals surface area contributed by atoms with Gasteiger partial charge in [-0.25, -0.2) is 0 Å². The fourth-order valence-electron chi connectivity index (χ4n) is 1.66. The number of halogens is 1. The normalized spacial score (nSPS) is 28.7. The Hall–Kier alpha value is -0.530. The molecule has 70 valence electrons. The summed E-state index contributed by atoms with van der Waals surface area (Å²) in [6.07, 6.45) is 2.12. The first-order valence-electron chi connectivity index (χ1n) is 4.67. The van der Waals surface area contributed by atoms with Crippen LogP contribution in [0.3, 0.4) is 0 Å². The van der Waals surface area contributed by atoms with Crippen LogP contribution < -0.4 is 0 Å². The molecular formula is C11H13ClO. The third-order valence-corrected chi connectivity index (χ3v) is 2.79. The fourth-order valence-corrected chi connectivity index (χ4v) is 1.91. The summed E-state index contributed by atoms with van der Waals surface area (Å²) >= 11 is 6.08. The van der Waals surface area contributed by atoms with Gasteiger partial charge >= 0.3 is 0 Å². The Labute approximate surface area is 83.7 Å². The van der Waals surface area contributed by atoms with Gasteiger partial charge < -0.3 is 4.74 Å². The summed E-state index contributed by atoms with van der Waals surface area (Å²) in [5.74, 6) is 0. The summed E-state index contributed by atoms with van der Waals surface area (Å²) in [5.41, 5.74) is 1.24. The quantitative estimate of drug-likeness (QED) is 0.627.